The van der Waals surface area contributed by atoms with Gasteiger partial charge in [-0.1, -0.05) is 74.0 Å². The number of nitrogens with zero attached hydrogens (tertiary/aromatic N) is 1. The van der Waals surface area contributed by atoms with Crippen LogP contribution in [0.25, 0.3) is 0 Å². The van der Waals surface area contributed by atoms with E-state index in [-0.39, 0.29) is 28.3 Å². The smallest absolute Gasteiger partial charge is 0.341 e. The van der Waals surface area contributed by atoms with E-state index < -0.39 is 28.7 Å². The monoisotopic (exact) mass is 623 g/mol. The largest absolute Gasteiger partial charge is 0.482 e. The van der Waals surface area contributed by atoms with Gasteiger partial charge in [0.25, 0.3) is 0 Å². The first-order valence-corrected chi connectivity index (χ1v) is 16.3. The summed E-state index contributed by atoms with van der Waals surface area (Å²) in [6.45, 7) is 10.8. The molecule has 2 aliphatic heterocycles. The summed E-state index contributed by atoms with van der Waals surface area (Å²) in [4.78, 5) is 11.7. The summed E-state index contributed by atoms with van der Waals surface area (Å²) in [5, 5.41) is 9.84. The van der Waals surface area contributed by atoms with Crippen LogP contribution in [0, 0.1) is 11.8 Å². The number of fused-ring (bicyclic) bond motifs is 1. The Morgan fingerprint density at radius 2 is 1.79 bits per heavy atom. The van der Waals surface area contributed by atoms with E-state index in [0.29, 0.717) is 36.7 Å². The van der Waals surface area contributed by atoms with Gasteiger partial charge in [-0.2, -0.15) is 4.31 Å². The summed E-state index contributed by atoms with van der Waals surface area (Å²) in [6, 6.07) is 22.4. The molecule has 9 heteroatoms. The molecular weight excluding hydrogens is 586 g/mol. The maximum absolute atomic E-state index is 13.5. The number of carboxylic acid groups (broad SMARTS) is 1. The SMILES string of the molecule is C=C(C)[C@@H]1C[C@H]2CN(S(=O)(=O)c3ccc(Cl)cc3)CC[C@H]2O[C@H]1c1cc(C(C)(C)c2ccccc2)ccc1OCC(=O)O. The first kappa shape index (κ1) is 31.3. The number of piperidine rings is 1. The Hall–Kier alpha value is -3.17. The van der Waals surface area contributed by atoms with Crippen molar-refractivity contribution in [3.8, 4) is 5.75 Å². The second-order valence-corrected chi connectivity index (χ2v) is 14.4. The van der Waals surface area contributed by atoms with Crippen molar-refractivity contribution in [1.82, 2.24) is 4.31 Å². The Morgan fingerprint density at radius 1 is 1.09 bits per heavy atom. The van der Waals surface area contributed by atoms with Crippen molar-refractivity contribution in [1.29, 1.82) is 0 Å². The third kappa shape index (κ3) is 6.53. The van der Waals surface area contributed by atoms with Crippen molar-refractivity contribution in [3.05, 3.63) is 107 Å². The first-order chi connectivity index (χ1) is 20.4. The number of carbonyl (C=O) groups is 1. The number of rotatable bonds is 9. The van der Waals surface area contributed by atoms with Gasteiger partial charge < -0.3 is 14.6 Å². The summed E-state index contributed by atoms with van der Waals surface area (Å²) in [5.74, 6) is -0.745. The number of ether oxygens (including phenoxy) is 2. The lowest BCUT2D eigenvalue weighted by atomic mass is 9.74. The predicted octanol–water partition coefficient (Wildman–Crippen LogP) is 6.86. The lowest BCUT2D eigenvalue weighted by Crippen LogP contribution is -2.50. The third-order valence-electron chi connectivity index (χ3n) is 8.84. The van der Waals surface area contributed by atoms with Crippen LogP contribution in [-0.4, -0.2) is 49.6 Å². The highest BCUT2D eigenvalue weighted by atomic mass is 35.5. The summed E-state index contributed by atoms with van der Waals surface area (Å²) < 4.78 is 41.1. The van der Waals surface area contributed by atoms with Crippen LogP contribution in [0.3, 0.4) is 0 Å². The quantitative estimate of drug-likeness (QED) is 0.262. The summed E-state index contributed by atoms with van der Waals surface area (Å²) in [7, 11) is -3.68. The third-order valence-corrected chi connectivity index (χ3v) is 11.0. The Labute approximate surface area is 259 Å². The fourth-order valence-corrected chi connectivity index (χ4v) is 7.93. The van der Waals surface area contributed by atoms with Gasteiger partial charge in [0.1, 0.15) is 5.75 Å². The van der Waals surface area contributed by atoms with Gasteiger partial charge in [-0.15, -0.1) is 0 Å². The fourth-order valence-electron chi connectivity index (χ4n) is 6.29. The first-order valence-electron chi connectivity index (χ1n) is 14.5. The molecule has 0 spiro atoms. The van der Waals surface area contributed by atoms with Crippen LogP contribution in [0.4, 0.5) is 0 Å². The van der Waals surface area contributed by atoms with E-state index in [2.05, 4.69) is 38.6 Å². The summed E-state index contributed by atoms with van der Waals surface area (Å²) in [5.41, 5.74) is 3.56. The van der Waals surface area contributed by atoms with Gasteiger partial charge in [0.05, 0.1) is 17.1 Å². The van der Waals surface area contributed by atoms with E-state index >= 15 is 0 Å². The Balaban J connectivity index is 1.47. The molecule has 3 aromatic rings. The van der Waals surface area contributed by atoms with E-state index in [1.54, 1.807) is 16.4 Å². The van der Waals surface area contributed by atoms with Gasteiger partial charge in [-0.05, 0) is 73.2 Å². The lowest BCUT2D eigenvalue weighted by molar-refractivity contribution is -0.139. The van der Waals surface area contributed by atoms with E-state index in [4.69, 9.17) is 21.1 Å². The molecule has 2 fully saturated rings. The second kappa shape index (κ2) is 12.4. The molecule has 3 aromatic carbocycles. The summed E-state index contributed by atoms with van der Waals surface area (Å²) in [6.07, 6.45) is 0.628. The van der Waals surface area contributed by atoms with E-state index in [0.717, 1.165) is 22.3 Å². The van der Waals surface area contributed by atoms with Crippen LogP contribution in [0.1, 0.15) is 56.4 Å². The predicted molar refractivity (Wildman–Crippen MR) is 167 cm³/mol. The van der Waals surface area contributed by atoms with Crippen molar-refractivity contribution in [2.75, 3.05) is 19.7 Å². The zero-order valence-electron chi connectivity index (χ0n) is 24.7. The highest BCUT2D eigenvalue weighted by molar-refractivity contribution is 7.89. The standard InChI is InChI=1S/C34H38ClNO6S/c1-22(2)28-18-23-20-36(43(39,40)27-13-11-26(35)12-14-27)17-16-30(23)42-33(28)29-19-25(10-15-31(29)41-21-32(37)38)34(3,4)24-8-6-5-7-9-24/h5-15,19,23,28,30,33H,1,16-18,20-21H2,2-4H3,(H,37,38)/t23-,28-,30+,33+/m0/s1. The van der Waals surface area contributed by atoms with E-state index in [1.165, 1.54) is 12.1 Å². The second-order valence-electron chi connectivity index (χ2n) is 12.1. The van der Waals surface area contributed by atoms with Gasteiger partial charge in [0, 0.05) is 35.0 Å². The zero-order chi connectivity index (χ0) is 30.9. The van der Waals surface area contributed by atoms with E-state index in [9.17, 15) is 18.3 Å². The van der Waals surface area contributed by atoms with Crippen LogP contribution < -0.4 is 4.74 Å². The molecule has 43 heavy (non-hydrogen) atoms. The minimum absolute atomic E-state index is 0.0268. The average molecular weight is 624 g/mol. The van der Waals surface area contributed by atoms with Crippen molar-refractivity contribution in [3.63, 3.8) is 0 Å². The molecule has 0 bridgehead atoms. The minimum atomic E-state index is -3.68. The molecular formula is C34H38ClNO6S. The van der Waals surface area contributed by atoms with Gasteiger partial charge in [-0.25, -0.2) is 13.2 Å². The molecule has 0 unspecified atom stereocenters. The number of carboxylic acids is 1. The maximum atomic E-state index is 13.5. The molecule has 0 aromatic heterocycles. The molecule has 228 valence electrons. The van der Waals surface area contributed by atoms with Gasteiger partial charge in [0.2, 0.25) is 10.0 Å². The van der Waals surface area contributed by atoms with Crippen LogP contribution in [0.2, 0.25) is 5.02 Å². The molecule has 2 aliphatic rings. The molecule has 0 aliphatic carbocycles. The number of hydrogen-bond acceptors (Lipinski definition) is 5. The maximum Gasteiger partial charge on any atom is 0.341 e. The van der Waals surface area contributed by atoms with Gasteiger partial charge >= 0.3 is 5.97 Å². The Bertz CT molecular complexity index is 1590. The van der Waals surface area contributed by atoms with Gasteiger partial charge in [0.15, 0.2) is 6.61 Å². The molecule has 5 rings (SSSR count). The Morgan fingerprint density at radius 3 is 2.44 bits per heavy atom. The number of sulfonamides is 1. The van der Waals surface area contributed by atoms with Gasteiger partial charge in [-0.3, -0.25) is 0 Å². The molecule has 1 N–H and O–H groups in total. The fraction of sp³-hybridized carbons (Fsp3) is 0.382. The molecule has 4 atom stereocenters. The minimum Gasteiger partial charge on any atom is -0.482 e. The molecule has 0 saturated carbocycles. The normalized spacial score (nSPS) is 22.9. The van der Waals surface area contributed by atoms with Crippen molar-refractivity contribution in [2.45, 2.75) is 56.1 Å². The number of benzene rings is 3. The molecule has 0 radical (unpaired) electrons. The van der Waals surface area contributed by atoms with Crippen LogP contribution >= 0.6 is 11.6 Å². The molecule has 2 saturated heterocycles. The number of halogens is 1. The topological polar surface area (TPSA) is 93.1 Å². The van der Waals surface area contributed by atoms with Crippen molar-refractivity contribution < 1.29 is 27.8 Å². The molecule has 0 amide bonds. The molecule has 7 nitrogen and oxygen atoms in total. The Kier molecular flexibility index (Phi) is 9.05. The van der Waals surface area contributed by atoms with Crippen molar-refractivity contribution in [2.24, 2.45) is 11.8 Å². The van der Waals surface area contributed by atoms with Crippen LogP contribution in [-0.2, 0) is 25.0 Å². The van der Waals surface area contributed by atoms with E-state index in [1.807, 2.05) is 37.3 Å². The number of aliphatic carboxylic acids is 1. The highest BCUT2D eigenvalue weighted by Gasteiger charge is 2.45. The van der Waals surface area contributed by atoms with Crippen LogP contribution in [0.5, 0.6) is 5.75 Å². The number of hydrogen-bond donors (Lipinski definition) is 1. The lowest BCUT2D eigenvalue weighted by Gasteiger charge is -2.47. The highest BCUT2D eigenvalue weighted by Crippen LogP contribution is 2.48. The van der Waals surface area contributed by atoms with Crippen molar-refractivity contribution >= 4 is 27.6 Å². The zero-order valence-corrected chi connectivity index (χ0v) is 26.3. The summed E-state index contributed by atoms with van der Waals surface area (Å²) >= 11 is 5.99. The van der Waals surface area contributed by atoms with Crippen LogP contribution in [0.15, 0.2) is 89.8 Å². The molecule has 2 heterocycles. The average Bonchev–Trinajstić information content (AvgIpc) is 2.99.